The Morgan fingerprint density at radius 1 is 0.867 bits per heavy atom. The molecule has 1 aliphatic heterocycles. The average Bonchev–Trinajstić information content (AvgIpc) is 3.51. The minimum atomic E-state index is -1.06. The molecule has 1 aromatic heterocycles. The first kappa shape index (κ1) is 31.5. The highest BCUT2D eigenvalue weighted by atomic mass is 32.2. The third-order valence-corrected chi connectivity index (χ3v) is 7.87. The molecular weight excluding hydrogens is 596 g/mol. The zero-order valence-electron chi connectivity index (χ0n) is 25.7. The van der Waals surface area contributed by atoms with E-state index in [2.05, 4.69) is 15.3 Å². The second-order valence-electron chi connectivity index (χ2n) is 10.2. The predicted molar refractivity (Wildman–Crippen MR) is 169 cm³/mol. The van der Waals surface area contributed by atoms with Crippen molar-refractivity contribution in [3.05, 3.63) is 89.2 Å². The molecule has 0 bridgehead atoms. The molecule has 12 heteroatoms. The number of ether oxygens (including phenoxy) is 5. The lowest BCUT2D eigenvalue weighted by Gasteiger charge is -2.32. The van der Waals surface area contributed by atoms with Crippen molar-refractivity contribution in [1.82, 2.24) is 14.9 Å². The van der Waals surface area contributed by atoms with Crippen LogP contribution in [0.4, 0.5) is 5.69 Å². The summed E-state index contributed by atoms with van der Waals surface area (Å²) in [5.41, 5.74) is 3.43. The van der Waals surface area contributed by atoms with Crippen LogP contribution < -0.4 is 29.0 Å². The Bertz CT molecular complexity index is 1660. The first-order chi connectivity index (χ1) is 21.8. The molecule has 5 rings (SSSR count). The molecule has 1 N–H and O–H groups in total. The molecule has 4 aromatic rings. The zero-order valence-corrected chi connectivity index (χ0v) is 26.5. The van der Waals surface area contributed by atoms with E-state index in [-0.39, 0.29) is 25.0 Å². The number of fused-ring (bicyclic) bond motifs is 1. The van der Waals surface area contributed by atoms with Crippen LogP contribution in [0.2, 0.25) is 0 Å². The van der Waals surface area contributed by atoms with Crippen LogP contribution in [0.15, 0.2) is 71.9 Å². The first-order valence-electron chi connectivity index (χ1n) is 14.1. The molecule has 0 spiro atoms. The summed E-state index contributed by atoms with van der Waals surface area (Å²) in [5, 5.41) is 3.46. The van der Waals surface area contributed by atoms with Crippen molar-refractivity contribution >= 4 is 29.3 Å². The smallest absolute Gasteiger partial charge is 0.251 e. The summed E-state index contributed by atoms with van der Waals surface area (Å²) < 4.78 is 27.2. The van der Waals surface area contributed by atoms with Gasteiger partial charge in [-0.1, -0.05) is 30.0 Å². The third kappa shape index (κ3) is 7.58. The minimum Gasteiger partial charge on any atom is -0.497 e. The summed E-state index contributed by atoms with van der Waals surface area (Å²) in [7, 11) is 4.64. The first-order valence-corrected chi connectivity index (χ1v) is 15.1. The molecule has 0 saturated carbocycles. The highest BCUT2D eigenvalue weighted by Crippen LogP contribution is 2.37. The van der Waals surface area contributed by atoms with E-state index in [9.17, 15) is 9.59 Å². The Morgan fingerprint density at radius 2 is 1.58 bits per heavy atom. The van der Waals surface area contributed by atoms with Crippen molar-refractivity contribution < 1.29 is 33.3 Å². The van der Waals surface area contributed by atoms with Gasteiger partial charge < -0.3 is 33.9 Å². The monoisotopic (exact) mass is 630 g/mol. The van der Waals surface area contributed by atoms with Crippen LogP contribution in [0.25, 0.3) is 0 Å². The van der Waals surface area contributed by atoms with Crippen LogP contribution in [0, 0.1) is 13.8 Å². The molecule has 45 heavy (non-hydrogen) atoms. The lowest BCUT2D eigenvalue weighted by atomic mass is 10.0. The van der Waals surface area contributed by atoms with Crippen molar-refractivity contribution in [1.29, 1.82) is 0 Å². The van der Waals surface area contributed by atoms with Gasteiger partial charge in [0.05, 0.1) is 27.1 Å². The van der Waals surface area contributed by atoms with Gasteiger partial charge in [0.2, 0.25) is 12.7 Å². The van der Waals surface area contributed by atoms with Gasteiger partial charge in [-0.2, -0.15) is 0 Å². The third-order valence-electron chi connectivity index (χ3n) is 7.04. The Morgan fingerprint density at radius 3 is 2.27 bits per heavy atom. The molecule has 0 fully saturated rings. The highest BCUT2D eigenvalue weighted by Gasteiger charge is 2.33. The van der Waals surface area contributed by atoms with Crippen LogP contribution in [0.1, 0.15) is 28.6 Å². The second kappa shape index (κ2) is 14.2. The summed E-state index contributed by atoms with van der Waals surface area (Å²) in [4.78, 5) is 38.9. The number of methoxy groups -OCH3 is 3. The van der Waals surface area contributed by atoms with Gasteiger partial charge >= 0.3 is 0 Å². The molecule has 2 heterocycles. The normalized spacial score (nSPS) is 12.3. The van der Waals surface area contributed by atoms with E-state index in [0.717, 1.165) is 17.0 Å². The van der Waals surface area contributed by atoms with E-state index < -0.39 is 11.9 Å². The summed E-state index contributed by atoms with van der Waals surface area (Å²) in [6.45, 7) is 3.99. The molecule has 11 nitrogen and oxygen atoms in total. The maximum atomic E-state index is 14.3. The zero-order chi connectivity index (χ0) is 31.9. The fourth-order valence-electron chi connectivity index (χ4n) is 4.90. The molecule has 0 radical (unpaired) electrons. The number of hydrogen-bond acceptors (Lipinski definition) is 10. The van der Waals surface area contributed by atoms with E-state index in [4.69, 9.17) is 23.7 Å². The molecule has 1 unspecified atom stereocenters. The summed E-state index contributed by atoms with van der Waals surface area (Å²) in [5.74, 6) is 1.97. The number of rotatable bonds is 12. The van der Waals surface area contributed by atoms with Gasteiger partial charge in [-0.3, -0.25) is 9.59 Å². The van der Waals surface area contributed by atoms with Gasteiger partial charge in [0.15, 0.2) is 28.2 Å². The van der Waals surface area contributed by atoms with Gasteiger partial charge in [-0.15, -0.1) is 0 Å². The molecule has 3 aromatic carbocycles. The van der Waals surface area contributed by atoms with E-state index in [1.165, 1.54) is 26.0 Å². The number of benzene rings is 3. The van der Waals surface area contributed by atoms with Crippen molar-refractivity contribution in [2.24, 2.45) is 0 Å². The number of nitrogens with zero attached hydrogens (tertiary/aromatic N) is 3. The van der Waals surface area contributed by atoms with E-state index >= 15 is 0 Å². The quantitative estimate of drug-likeness (QED) is 0.162. The van der Waals surface area contributed by atoms with Crippen LogP contribution in [0.3, 0.4) is 0 Å². The number of anilines is 1. The van der Waals surface area contributed by atoms with Crippen molar-refractivity contribution in [2.75, 3.05) is 39.2 Å². The van der Waals surface area contributed by atoms with Crippen LogP contribution in [-0.4, -0.2) is 60.6 Å². The van der Waals surface area contributed by atoms with E-state index in [1.54, 1.807) is 48.4 Å². The van der Waals surface area contributed by atoms with Crippen LogP contribution in [0.5, 0.6) is 28.7 Å². The average molecular weight is 631 g/mol. The lowest BCUT2D eigenvalue weighted by molar-refractivity contribution is -0.137. The Balaban J connectivity index is 1.54. The Labute approximate surface area is 265 Å². The lowest BCUT2D eigenvalue weighted by Crippen LogP contribution is -2.41. The number of amides is 2. The fraction of sp³-hybridized carbons (Fsp3) is 0.273. The van der Waals surface area contributed by atoms with Crippen molar-refractivity contribution in [2.45, 2.75) is 31.6 Å². The summed E-state index contributed by atoms with van der Waals surface area (Å²) >= 11 is 1.22. The Hall–Kier alpha value is -4.97. The highest BCUT2D eigenvalue weighted by molar-refractivity contribution is 7.99. The van der Waals surface area contributed by atoms with Gasteiger partial charge in [0.25, 0.3) is 5.91 Å². The molecular formula is C33H34N4O7S. The van der Waals surface area contributed by atoms with E-state index in [0.29, 0.717) is 45.2 Å². The second-order valence-corrected chi connectivity index (χ2v) is 11.1. The number of aromatic nitrogens is 2. The fourth-order valence-corrected chi connectivity index (χ4v) is 5.73. The summed E-state index contributed by atoms with van der Waals surface area (Å²) in [6.07, 6.45) is 0. The number of nitrogens with one attached hydrogen (secondary N) is 1. The molecule has 2 amide bonds. The number of carbonyl (C=O) groups excluding carboxylic acids is 2. The maximum absolute atomic E-state index is 14.3. The largest absolute Gasteiger partial charge is 0.497 e. The van der Waals surface area contributed by atoms with Crippen molar-refractivity contribution in [3.8, 4) is 28.7 Å². The van der Waals surface area contributed by atoms with Gasteiger partial charge in [-0.25, -0.2) is 9.97 Å². The van der Waals surface area contributed by atoms with Gasteiger partial charge in [0.1, 0.15) is 11.8 Å². The predicted octanol–water partition coefficient (Wildman–Crippen LogP) is 5.35. The SMILES string of the molecule is COc1ccc(CN(C(=O)CSc2nc(C)cc(C)n2)C(C(=O)Nc2ccc3c(c2)OCO3)c2ccc(OC)c(OC)c2)cc1. The number of thioether (sulfide) groups is 1. The number of aryl methyl sites for hydroxylation is 2. The molecule has 0 saturated heterocycles. The topological polar surface area (TPSA) is 121 Å². The van der Waals surface area contributed by atoms with Gasteiger partial charge in [-0.05, 0) is 67.4 Å². The molecule has 1 aliphatic rings. The molecule has 1 atom stereocenters. The molecule has 0 aliphatic carbocycles. The van der Waals surface area contributed by atoms with E-state index in [1.807, 2.05) is 44.2 Å². The number of hydrogen-bond donors (Lipinski definition) is 1. The van der Waals surface area contributed by atoms with Crippen LogP contribution in [-0.2, 0) is 16.1 Å². The minimum absolute atomic E-state index is 0.000140. The Kier molecular flexibility index (Phi) is 9.93. The van der Waals surface area contributed by atoms with Crippen molar-refractivity contribution in [3.63, 3.8) is 0 Å². The maximum Gasteiger partial charge on any atom is 0.251 e. The van der Waals surface area contributed by atoms with Crippen LogP contribution >= 0.6 is 11.8 Å². The standard InChI is InChI=1S/C33H34N4O7S/c1-20-14-21(2)35-33(34-20)45-18-30(38)37(17-22-6-10-25(40-3)11-7-22)31(23-8-12-26(41-4)28(15-23)42-5)32(39)36-24-9-13-27-29(16-24)44-19-43-27/h6-16,31H,17-19H2,1-5H3,(H,36,39). The summed E-state index contributed by atoms with van der Waals surface area (Å²) in [6, 6.07) is 18.5. The number of carbonyl (C=O) groups is 2. The molecule has 234 valence electrons. The van der Waals surface area contributed by atoms with Gasteiger partial charge in [0, 0.05) is 29.7 Å².